The molecule has 37 heavy (non-hydrogen) atoms. The van der Waals surface area contributed by atoms with Crippen molar-refractivity contribution in [2.24, 2.45) is 0 Å². The van der Waals surface area contributed by atoms with Crippen LogP contribution < -0.4 is 10.1 Å². The predicted molar refractivity (Wildman–Crippen MR) is 155 cm³/mol. The van der Waals surface area contributed by atoms with Gasteiger partial charge in [-0.1, -0.05) is 113 Å². The highest BCUT2D eigenvalue weighted by molar-refractivity contribution is 8.26. The average molecular weight is 612 g/mol. The summed E-state index contributed by atoms with van der Waals surface area (Å²) in [4.78, 5) is 27.6. The first kappa shape index (κ1) is 27.8. The molecule has 190 valence electrons. The lowest BCUT2D eigenvalue weighted by Gasteiger charge is -2.26. The van der Waals surface area contributed by atoms with Crippen molar-refractivity contribution in [3.8, 4) is 5.75 Å². The Morgan fingerprint density at radius 3 is 2.30 bits per heavy atom. The molecular weight excluding hydrogens is 594 g/mol. The minimum absolute atomic E-state index is 0.152. The minimum Gasteiger partial charge on any atom is -0.466 e. The van der Waals surface area contributed by atoms with Gasteiger partial charge in [0.2, 0.25) is 10.0 Å². The number of nitrogens with one attached hydrogen (secondary N) is 1. The number of carbonyl (C=O) groups is 2. The molecule has 1 N–H and O–H groups in total. The van der Waals surface area contributed by atoms with Gasteiger partial charge in [-0.15, -0.1) is 0 Å². The number of amides is 2. The summed E-state index contributed by atoms with van der Waals surface area (Å²) in [6, 6.07) is 22.7. The monoisotopic (exact) mass is 610 g/mol. The van der Waals surface area contributed by atoms with E-state index in [0.29, 0.717) is 32.1 Å². The molecule has 0 unspecified atom stereocenters. The molecule has 11 heteroatoms. The van der Waals surface area contributed by atoms with Crippen LogP contribution >= 0.6 is 70.4 Å². The van der Waals surface area contributed by atoms with Gasteiger partial charge in [-0.2, -0.15) is 0 Å². The van der Waals surface area contributed by atoms with Crippen molar-refractivity contribution in [2.45, 2.75) is 16.6 Å². The van der Waals surface area contributed by atoms with Gasteiger partial charge in [-0.3, -0.25) is 14.5 Å². The number of hydrogen-bond acceptors (Lipinski definition) is 5. The summed E-state index contributed by atoms with van der Waals surface area (Å²) in [7, 11) is 0. The van der Waals surface area contributed by atoms with E-state index in [4.69, 9.17) is 63.4 Å². The molecule has 1 saturated heterocycles. The third-order valence-electron chi connectivity index (χ3n) is 5.15. The van der Waals surface area contributed by atoms with Crippen molar-refractivity contribution in [1.29, 1.82) is 0 Å². The highest BCUT2D eigenvalue weighted by Crippen LogP contribution is 2.35. The number of ether oxygens (including phenoxy) is 1. The van der Waals surface area contributed by atoms with Crippen LogP contribution in [0.1, 0.15) is 21.5 Å². The van der Waals surface area contributed by atoms with E-state index in [9.17, 15) is 9.59 Å². The van der Waals surface area contributed by atoms with Crippen LogP contribution in [0.4, 0.5) is 0 Å². The maximum atomic E-state index is 12.9. The molecule has 0 spiro atoms. The number of benzene rings is 3. The van der Waals surface area contributed by atoms with E-state index >= 15 is 0 Å². The second-order valence-corrected chi connectivity index (χ2v) is 12.3. The third kappa shape index (κ3) is 7.41. The summed E-state index contributed by atoms with van der Waals surface area (Å²) < 4.78 is 4.32. The Bertz CT molecular complexity index is 1330. The van der Waals surface area contributed by atoms with Crippen molar-refractivity contribution in [1.82, 2.24) is 10.2 Å². The number of alkyl halides is 3. The molecule has 0 aromatic heterocycles. The Morgan fingerprint density at radius 1 is 1.03 bits per heavy atom. The van der Waals surface area contributed by atoms with Gasteiger partial charge in [0.1, 0.15) is 10.1 Å². The van der Waals surface area contributed by atoms with Crippen molar-refractivity contribution >= 4 is 92.6 Å². The molecule has 3 aromatic rings. The van der Waals surface area contributed by atoms with Crippen LogP contribution in [0.5, 0.6) is 5.75 Å². The Hall–Kier alpha value is -2.26. The Kier molecular flexibility index (Phi) is 9.06. The summed E-state index contributed by atoms with van der Waals surface area (Å²) in [5, 5.41) is 3.06. The van der Waals surface area contributed by atoms with E-state index in [1.807, 2.05) is 30.3 Å². The lowest BCUT2D eigenvalue weighted by Crippen LogP contribution is -2.47. The summed E-state index contributed by atoms with van der Waals surface area (Å²) in [5.41, 5.74) is 2.07. The maximum Gasteiger partial charge on any atom is 0.266 e. The van der Waals surface area contributed by atoms with E-state index < -0.39 is 15.9 Å². The summed E-state index contributed by atoms with van der Waals surface area (Å²) >= 11 is 30.7. The summed E-state index contributed by atoms with van der Waals surface area (Å²) in [6.07, 6.45) is 0.476. The molecule has 2 amide bonds. The second-order valence-electron chi connectivity index (χ2n) is 7.84. The van der Waals surface area contributed by atoms with Gasteiger partial charge < -0.3 is 10.1 Å². The van der Waals surface area contributed by atoms with Crippen molar-refractivity contribution in [3.63, 3.8) is 0 Å². The van der Waals surface area contributed by atoms with Gasteiger partial charge in [0.05, 0.1) is 11.4 Å². The standard InChI is InChI=1S/C26H18Cl4N2O3S2/c27-19-10-8-18(9-11-19)22(33)31-24(26(28,29)30)35-20-12-6-16(7-13-20)14-21-23(34)32(25(36)37-21)15-17-4-2-1-3-5-17/h1-14,24H,15H2,(H,31,33)/b21-14-/t24-/m1/s1. The molecule has 3 aromatic carbocycles. The first-order chi connectivity index (χ1) is 17.6. The van der Waals surface area contributed by atoms with Crippen LogP contribution in [0.25, 0.3) is 6.08 Å². The minimum atomic E-state index is -1.95. The van der Waals surface area contributed by atoms with Crippen LogP contribution in [0.2, 0.25) is 5.02 Å². The van der Waals surface area contributed by atoms with Crippen LogP contribution in [0, 0.1) is 0 Å². The highest BCUT2D eigenvalue weighted by atomic mass is 35.6. The molecule has 0 aliphatic carbocycles. The fourth-order valence-electron chi connectivity index (χ4n) is 3.31. The molecule has 4 rings (SSSR count). The van der Waals surface area contributed by atoms with Crippen molar-refractivity contribution < 1.29 is 14.3 Å². The zero-order valence-corrected chi connectivity index (χ0v) is 23.5. The predicted octanol–water partition coefficient (Wildman–Crippen LogP) is 7.25. The van der Waals surface area contributed by atoms with Crippen molar-refractivity contribution in [3.05, 3.63) is 105 Å². The topological polar surface area (TPSA) is 58.6 Å². The number of thiocarbonyl (C=S) groups is 1. The van der Waals surface area contributed by atoms with Crippen LogP contribution in [0.15, 0.2) is 83.8 Å². The Morgan fingerprint density at radius 2 is 1.68 bits per heavy atom. The maximum absolute atomic E-state index is 12.9. The molecular formula is C26H18Cl4N2O3S2. The fraction of sp³-hybridized carbons (Fsp3) is 0.115. The number of hydrogen-bond donors (Lipinski definition) is 1. The number of thioether (sulfide) groups is 1. The molecule has 0 saturated carbocycles. The normalized spacial score (nSPS) is 15.7. The van der Waals surface area contributed by atoms with Crippen LogP contribution in [-0.2, 0) is 11.3 Å². The SMILES string of the molecule is O=C(N[C@H](Oc1ccc(/C=C2\SC(=S)N(Cc3ccccc3)C2=O)cc1)C(Cl)(Cl)Cl)c1ccc(Cl)cc1. The lowest BCUT2D eigenvalue weighted by atomic mass is 10.2. The van der Waals surface area contributed by atoms with Crippen LogP contribution in [-0.4, -0.2) is 31.1 Å². The average Bonchev–Trinajstić information content (AvgIpc) is 3.12. The molecule has 1 aliphatic rings. The van der Waals surface area contributed by atoms with Gasteiger partial charge in [-0.05, 0) is 53.6 Å². The first-order valence-corrected chi connectivity index (χ1v) is 13.5. The van der Waals surface area contributed by atoms with Gasteiger partial charge in [0, 0.05) is 10.6 Å². The summed E-state index contributed by atoms with van der Waals surface area (Å²) in [6.45, 7) is 0.412. The molecule has 1 heterocycles. The first-order valence-electron chi connectivity index (χ1n) is 10.8. The van der Waals surface area contributed by atoms with E-state index in [1.54, 1.807) is 59.5 Å². The van der Waals surface area contributed by atoms with Gasteiger partial charge in [0.15, 0.2) is 0 Å². The zero-order chi connectivity index (χ0) is 26.6. The van der Waals surface area contributed by atoms with Gasteiger partial charge >= 0.3 is 0 Å². The lowest BCUT2D eigenvalue weighted by molar-refractivity contribution is -0.122. The number of carbonyl (C=O) groups excluding carboxylic acids is 2. The Balaban J connectivity index is 1.43. The molecule has 0 radical (unpaired) electrons. The second kappa shape index (κ2) is 12.1. The number of rotatable bonds is 7. The summed E-state index contributed by atoms with van der Waals surface area (Å²) in [5.74, 6) is -0.302. The van der Waals surface area contributed by atoms with Crippen LogP contribution in [0.3, 0.4) is 0 Å². The molecule has 0 bridgehead atoms. The van der Waals surface area contributed by atoms with E-state index in [-0.39, 0.29) is 5.91 Å². The van der Waals surface area contributed by atoms with Gasteiger partial charge in [-0.25, -0.2) is 0 Å². The number of halogens is 4. The number of nitrogens with zero attached hydrogens (tertiary/aromatic N) is 1. The quantitative estimate of drug-likeness (QED) is 0.132. The third-order valence-corrected chi connectivity index (χ3v) is 7.38. The Labute approximate surface area is 243 Å². The smallest absolute Gasteiger partial charge is 0.266 e. The molecule has 1 aliphatic heterocycles. The van der Waals surface area contributed by atoms with Gasteiger partial charge in [0.25, 0.3) is 11.8 Å². The molecule has 1 fully saturated rings. The molecule has 5 nitrogen and oxygen atoms in total. The molecule has 1 atom stereocenters. The fourth-order valence-corrected chi connectivity index (χ4v) is 4.99. The largest absolute Gasteiger partial charge is 0.466 e. The highest BCUT2D eigenvalue weighted by Gasteiger charge is 2.36. The van der Waals surface area contributed by atoms with E-state index in [0.717, 1.165) is 11.1 Å². The van der Waals surface area contributed by atoms with E-state index in [2.05, 4.69) is 5.32 Å². The van der Waals surface area contributed by atoms with E-state index in [1.165, 1.54) is 11.8 Å². The van der Waals surface area contributed by atoms with Crippen molar-refractivity contribution in [2.75, 3.05) is 0 Å². The zero-order valence-electron chi connectivity index (χ0n) is 18.9.